The third-order valence-corrected chi connectivity index (χ3v) is 5.36. The molecule has 1 amide bonds. The number of nitrogens with one attached hydrogen (secondary N) is 1. The molecule has 0 saturated heterocycles. The number of rotatable bonds is 5. The van der Waals surface area contributed by atoms with E-state index in [-0.39, 0.29) is 17.2 Å². The summed E-state index contributed by atoms with van der Waals surface area (Å²) >= 11 is 1.12. The lowest BCUT2D eigenvalue weighted by atomic mass is 10.1. The van der Waals surface area contributed by atoms with Crippen molar-refractivity contribution in [2.45, 2.75) is 12.7 Å². The number of benzene rings is 1. The number of alkyl halides is 3. The van der Waals surface area contributed by atoms with Crippen LogP contribution in [0.5, 0.6) is 0 Å². The van der Waals surface area contributed by atoms with Gasteiger partial charge in [0.2, 0.25) is 0 Å². The van der Waals surface area contributed by atoms with Crippen LogP contribution >= 0.6 is 11.3 Å². The predicted octanol–water partition coefficient (Wildman–Crippen LogP) is 4.83. The largest absolute Gasteiger partial charge is 0.416 e. The number of carbonyl (C=O) groups is 1. The number of pyridine rings is 2. The molecule has 4 aromatic rings. The average molecular weight is 474 g/mol. The Morgan fingerprint density at radius 3 is 2.48 bits per heavy atom. The van der Waals surface area contributed by atoms with Crippen LogP contribution in [0.3, 0.4) is 0 Å². The smallest absolute Gasteiger partial charge is 0.311 e. The van der Waals surface area contributed by atoms with Crippen molar-refractivity contribution in [1.82, 2.24) is 14.5 Å². The fourth-order valence-electron chi connectivity index (χ4n) is 2.94. The molecule has 0 aliphatic rings. The number of hydrogen-bond donors (Lipinski definition) is 1. The van der Waals surface area contributed by atoms with Crippen LogP contribution in [-0.2, 0) is 12.7 Å². The zero-order chi connectivity index (χ0) is 23.6. The van der Waals surface area contributed by atoms with Crippen LogP contribution in [0, 0.1) is 5.82 Å². The van der Waals surface area contributed by atoms with Crippen LogP contribution in [0.2, 0.25) is 0 Å². The van der Waals surface area contributed by atoms with Crippen LogP contribution in [0.1, 0.15) is 21.5 Å². The summed E-state index contributed by atoms with van der Waals surface area (Å²) in [7, 11) is 0. The number of thiazole rings is 1. The van der Waals surface area contributed by atoms with Crippen LogP contribution in [0.15, 0.2) is 71.1 Å². The van der Waals surface area contributed by atoms with Crippen molar-refractivity contribution in [3.63, 3.8) is 0 Å². The van der Waals surface area contributed by atoms with Crippen LogP contribution in [0.4, 0.5) is 22.7 Å². The van der Waals surface area contributed by atoms with Crippen molar-refractivity contribution in [2.24, 2.45) is 0 Å². The zero-order valence-corrected chi connectivity index (χ0v) is 17.5. The number of anilines is 1. The molecule has 0 atom stereocenters. The van der Waals surface area contributed by atoms with E-state index >= 15 is 0 Å². The van der Waals surface area contributed by atoms with Crippen LogP contribution < -0.4 is 10.9 Å². The summed E-state index contributed by atoms with van der Waals surface area (Å²) in [6, 6.07) is 9.46. The van der Waals surface area contributed by atoms with Gasteiger partial charge in [-0.3, -0.25) is 19.9 Å². The highest BCUT2D eigenvalue weighted by Crippen LogP contribution is 2.29. The van der Waals surface area contributed by atoms with Crippen molar-refractivity contribution in [2.75, 3.05) is 5.32 Å². The Morgan fingerprint density at radius 1 is 1.06 bits per heavy atom. The van der Waals surface area contributed by atoms with Gasteiger partial charge in [-0.05, 0) is 29.8 Å². The number of amides is 1. The molecule has 0 fully saturated rings. The van der Waals surface area contributed by atoms with Crippen LogP contribution in [-0.4, -0.2) is 20.4 Å². The molecule has 11 heteroatoms. The second-order valence-electron chi connectivity index (χ2n) is 6.93. The topological polar surface area (TPSA) is 76.9 Å². The van der Waals surface area contributed by atoms with Crippen molar-refractivity contribution in [3.8, 4) is 11.4 Å². The molecule has 3 heterocycles. The quantitative estimate of drug-likeness (QED) is 0.421. The first-order chi connectivity index (χ1) is 15.7. The maximum Gasteiger partial charge on any atom is 0.416 e. The Bertz CT molecular complexity index is 1360. The Balaban J connectivity index is 1.44. The van der Waals surface area contributed by atoms with E-state index in [1.54, 1.807) is 5.38 Å². The van der Waals surface area contributed by atoms with Gasteiger partial charge in [-0.1, -0.05) is 12.1 Å². The SMILES string of the molecule is O=C(Nc1nc(-c2cc(F)ccn2)cs1)c1ccn(Cc2ccc(C(F)(F)F)cc2)c(=O)c1. The molecule has 0 bridgehead atoms. The first-order valence-electron chi connectivity index (χ1n) is 9.44. The van der Waals surface area contributed by atoms with Gasteiger partial charge < -0.3 is 4.57 Å². The van der Waals surface area contributed by atoms with Crippen molar-refractivity contribution in [3.05, 3.63) is 99.2 Å². The molecule has 6 nitrogen and oxygen atoms in total. The Hall–Kier alpha value is -3.86. The average Bonchev–Trinajstić information content (AvgIpc) is 3.23. The number of halogens is 4. The molecule has 0 radical (unpaired) electrons. The van der Waals surface area contributed by atoms with Crippen molar-refractivity contribution >= 4 is 22.4 Å². The van der Waals surface area contributed by atoms with Crippen molar-refractivity contribution < 1.29 is 22.4 Å². The first kappa shape index (κ1) is 22.3. The highest BCUT2D eigenvalue weighted by atomic mass is 32.1. The number of nitrogens with zero attached hydrogens (tertiary/aromatic N) is 3. The Kier molecular flexibility index (Phi) is 6.05. The molecule has 0 spiro atoms. The van der Waals surface area contributed by atoms with Gasteiger partial charge >= 0.3 is 6.18 Å². The van der Waals surface area contributed by atoms with E-state index in [2.05, 4.69) is 15.3 Å². The minimum absolute atomic E-state index is 0.0509. The second-order valence-corrected chi connectivity index (χ2v) is 7.79. The first-order valence-corrected chi connectivity index (χ1v) is 10.3. The third kappa shape index (κ3) is 5.32. The van der Waals surface area contributed by atoms with E-state index in [1.165, 1.54) is 47.3 Å². The maximum atomic E-state index is 13.4. The molecule has 1 N–H and O–H groups in total. The van der Waals surface area contributed by atoms with E-state index < -0.39 is 29.0 Å². The van der Waals surface area contributed by atoms with E-state index in [0.29, 0.717) is 17.0 Å². The van der Waals surface area contributed by atoms with Gasteiger partial charge in [0, 0.05) is 35.5 Å². The summed E-state index contributed by atoms with van der Waals surface area (Å²) in [6.45, 7) is 0.0509. The molecule has 0 aliphatic heterocycles. The van der Waals surface area contributed by atoms with E-state index in [9.17, 15) is 27.2 Å². The summed E-state index contributed by atoms with van der Waals surface area (Å²) in [5.74, 6) is -1.03. The fourth-order valence-corrected chi connectivity index (χ4v) is 3.64. The van der Waals surface area contributed by atoms with E-state index in [4.69, 9.17) is 0 Å². The van der Waals surface area contributed by atoms with Gasteiger partial charge in [0.05, 0.1) is 17.8 Å². The highest BCUT2D eigenvalue weighted by Gasteiger charge is 2.29. The summed E-state index contributed by atoms with van der Waals surface area (Å²) in [4.78, 5) is 33.1. The van der Waals surface area contributed by atoms with Crippen LogP contribution in [0.25, 0.3) is 11.4 Å². The zero-order valence-electron chi connectivity index (χ0n) is 16.6. The Labute approximate surface area is 188 Å². The lowest BCUT2D eigenvalue weighted by Crippen LogP contribution is -2.22. The Morgan fingerprint density at radius 2 is 1.82 bits per heavy atom. The predicted molar refractivity (Wildman–Crippen MR) is 115 cm³/mol. The standard InChI is InChI=1S/C22H14F4N4O2S/c23-16-5-7-27-17(10-16)18-12-33-21(28-18)29-20(32)14-6-8-30(19(31)9-14)11-13-1-3-15(4-2-13)22(24,25)26/h1-10,12H,11H2,(H,28,29,32). The van der Waals surface area contributed by atoms with Gasteiger partial charge in [0.1, 0.15) is 11.5 Å². The van der Waals surface area contributed by atoms with Gasteiger partial charge in [-0.25, -0.2) is 9.37 Å². The number of carbonyl (C=O) groups excluding carboxylic acids is 1. The second kappa shape index (κ2) is 8.94. The molecular weight excluding hydrogens is 460 g/mol. The van der Waals surface area contributed by atoms with Gasteiger partial charge in [0.15, 0.2) is 5.13 Å². The van der Waals surface area contributed by atoms with Gasteiger partial charge in [-0.2, -0.15) is 13.2 Å². The molecule has 0 aliphatic carbocycles. The number of hydrogen-bond acceptors (Lipinski definition) is 5. The minimum atomic E-state index is -4.43. The molecular formula is C22H14F4N4O2S. The molecule has 0 saturated carbocycles. The highest BCUT2D eigenvalue weighted by molar-refractivity contribution is 7.14. The summed E-state index contributed by atoms with van der Waals surface area (Å²) in [5, 5.41) is 4.43. The minimum Gasteiger partial charge on any atom is -0.311 e. The number of aromatic nitrogens is 3. The molecule has 33 heavy (non-hydrogen) atoms. The van der Waals surface area contributed by atoms with Crippen molar-refractivity contribution in [1.29, 1.82) is 0 Å². The monoisotopic (exact) mass is 474 g/mol. The summed E-state index contributed by atoms with van der Waals surface area (Å²) < 4.78 is 52.7. The molecule has 0 unspecified atom stereocenters. The maximum absolute atomic E-state index is 13.4. The van der Waals surface area contributed by atoms with E-state index in [1.807, 2.05) is 0 Å². The fraction of sp³-hybridized carbons (Fsp3) is 0.0909. The summed E-state index contributed by atoms with van der Waals surface area (Å²) in [6.07, 6.45) is -1.74. The van der Waals surface area contributed by atoms with Gasteiger partial charge in [-0.15, -0.1) is 11.3 Å². The lowest BCUT2D eigenvalue weighted by molar-refractivity contribution is -0.137. The molecule has 3 aromatic heterocycles. The summed E-state index contributed by atoms with van der Waals surface area (Å²) in [5.41, 5.74) is 0.0303. The molecule has 1 aromatic carbocycles. The normalized spacial score (nSPS) is 11.4. The lowest BCUT2D eigenvalue weighted by Gasteiger charge is -2.09. The molecule has 4 rings (SSSR count). The van der Waals surface area contributed by atoms with Gasteiger partial charge in [0.25, 0.3) is 11.5 Å². The molecule has 168 valence electrons. The van der Waals surface area contributed by atoms with E-state index in [0.717, 1.165) is 29.5 Å². The third-order valence-electron chi connectivity index (χ3n) is 4.60.